The number of rotatable bonds is 4. The molecular weight excluding hydrogens is 250 g/mol. The summed E-state index contributed by atoms with van der Waals surface area (Å²) in [6, 6.07) is 8.72. The number of aromatic nitrogens is 2. The van der Waals surface area contributed by atoms with Crippen LogP contribution in [0.4, 0.5) is 5.82 Å². The maximum absolute atomic E-state index is 9.05. The molecule has 1 heterocycles. The summed E-state index contributed by atoms with van der Waals surface area (Å²) in [6.45, 7) is -0.0286. The number of ether oxygens (including phenoxy) is 1. The first-order chi connectivity index (χ1) is 8.71. The third-order valence-electron chi connectivity index (χ3n) is 2.19. The molecule has 0 saturated carbocycles. The van der Waals surface area contributed by atoms with E-state index in [4.69, 9.17) is 15.6 Å². The van der Waals surface area contributed by atoms with Gasteiger partial charge in [-0.2, -0.15) is 4.98 Å². The summed E-state index contributed by atoms with van der Waals surface area (Å²) in [4.78, 5) is 8.23. The Bertz CT molecular complexity index is 549. The maximum Gasteiger partial charge on any atom is 0.225 e. The smallest absolute Gasteiger partial charge is 0.225 e. The second-order valence-corrected chi connectivity index (χ2v) is 4.30. The minimum atomic E-state index is -0.0286. The molecule has 6 heteroatoms. The van der Waals surface area contributed by atoms with E-state index in [1.165, 1.54) is 11.8 Å². The lowest BCUT2D eigenvalue weighted by molar-refractivity contribution is 0.281. The second-order valence-electron chi connectivity index (χ2n) is 3.53. The Kier molecular flexibility index (Phi) is 4.01. The van der Waals surface area contributed by atoms with E-state index in [9.17, 15) is 0 Å². The van der Waals surface area contributed by atoms with Crippen LogP contribution in [0.15, 0.2) is 35.5 Å². The third kappa shape index (κ3) is 3.12. The highest BCUT2D eigenvalue weighted by Gasteiger charge is 2.04. The molecule has 0 aliphatic carbocycles. The zero-order valence-electron chi connectivity index (χ0n) is 9.83. The largest absolute Gasteiger partial charge is 0.439 e. The molecule has 0 amide bonds. The van der Waals surface area contributed by atoms with Gasteiger partial charge in [0, 0.05) is 6.07 Å². The van der Waals surface area contributed by atoms with Gasteiger partial charge >= 0.3 is 0 Å². The van der Waals surface area contributed by atoms with Crippen LogP contribution in [0.3, 0.4) is 0 Å². The second kappa shape index (κ2) is 5.70. The number of anilines is 1. The van der Waals surface area contributed by atoms with Crippen molar-refractivity contribution >= 4 is 17.6 Å². The van der Waals surface area contributed by atoms with Gasteiger partial charge in [-0.1, -0.05) is 23.9 Å². The van der Waals surface area contributed by atoms with Crippen molar-refractivity contribution in [2.45, 2.75) is 11.8 Å². The molecule has 0 aliphatic rings. The Morgan fingerprint density at radius 3 is 2.89 bits per heavy atom. The summed E-state index contributed by atoms with van der Waals surface area (Å²) in [6.07, 6.45) is 1.87. The number of hydrogen-bond donors (Lipinski definition) is 2. The van der Waals surface area contributed by atoms with Crippen LogP contribution in [0.1, 0.15) is 5.56 Å². The van der Waals surface area contributed by atoms with Crippen LogP contribution < -0.4 is 10.5 Å². The Morgan fingerprint density at radius 2 is 2.17 bits per heavy atom. The molecule has 0 aliphatic heterocycles. The van der Waals surface area contributed by atoms with E-state index in [-0.39, 0.29) is 6.61 Å². The Balaban J connectivity index is 2.24. The topological polar surface area (TPSA) is 81.3 Å². The van der Waals surface area contributed by atoms with Crippen LogP contribution in [-0.4, -0.2) is 21.3 Å². The van der Waals surface area contributed by atoms with Gasteiger partial charge in [0.25, 0.3) is 0 Å². The van der Waals surface area contributed by atoms with Crippen LogP contribution in [0.2, 0.25) is 0 Å². The van der Waals surface area contributed by atoms with Gasteiger partial charge in [0.2, 0.25) is 5.88 Å². The number of nitrogen functional groups attached to an aromatic ring is 1. The number of hydrogen-bond acceptors (Lipinski definition) is 6. The van der Waals surface area contributed by atoms with Crippen molar-refractivity contribution in [3.63, 3.8) is 0 Å². The first-order valence-electron chi connectivity index (χ1n) is 5.27. The predicted octanol–water partition coefficient (Wildman–Crippen LogP) is 2.07. The highest BCUT2D eigenvalue weighted by atomic mass is 32.2. The van der Waals surface area contributed by atoms with Gasteiger partial charge in [0.1, 0.15) is 11.6 Å². The van der Waals surface area contributed by atoms with Gasteiger partial charge in [-0.3, -0.25) is 0 Å². The minimum absolute atomic E-state index is 0.0286. The molecule has 0 fully saturated rings. The normalized spacial score (nSPS) is 10.3. The van der Waals surface area contributed by atoms with Crippen LogP contribution in [0, 0.1) is 0 Å². The Labute approximate surface area is 109 Å². The lowest BCUT2D eigenvalue weighted by atomic mass is 10.2. The predicted molar refractivity (Wildman–Crippen MR) is 70.7 cm³/mol. The van der Waals surface area contributed by atoms with Gasteiger partial charge in [-0.05, 0) is 24.0 Å². The van der Waals surface area contributed by atoms with Crippen molar-refractivity contribution in [1.82, 2.24) is 9.97 Å². The zero-order valence-corrected chi connectivity index (χ0v) is 10.6. The van der Waals surface area contributed by atoms with E-state index in [1.807, 2.05) is 12.3 Å². The van der Waals surface area contributed by atoms with Crippen molar-refractivity contribution in [2.75, 3.05) is 12.0 Å². The molecule has 5 nitrogen and oxygen atoms in total. The summed E-state index contributed by atoms with van der Waals surface area (Å²) in [5.41, 5.74) is 6.44. The molecule has 0 saturated heterocycles. The lowest BCUT2D eigenvalue weighted by Crippen LogP contribution is -1.97. The fourth-order valence-corrected chi connectivity index (χ4v) is 1.77. The molecule has 2 aromatic rings. The summed E-state index contributed by atoms with van der Waals surface area (Å²) in [5.74, 6) is 1.36. The highest BCUT2D eigenvalue weighted by molar-refractivity contribution is 7.98. The van der Waals surface area contributed by atoms with Crippen LogP contribution in [0.5, 0.6) is 11.6 Å². The zero-order chi connectivity index (χ0) is 13.0. The first-order valence-corrected chi connectivity index (χ1v) is 6.50. The molecular formula is C12H13N3O2S. The third-order valence-corrected chi connectivity index (χ3v) is 2.74. The fourth-order valence-electron chi connectivity index (χ4n) is 1.39. The average Bonchev–Trinajstić information content (AvgIpc) is 2.38. The van der Waals surface area contributed by atoms with Crippen LogP contribution in [-0.2, 0) is 6.61 Å². The fraction of sp³-hybridized carbons (Fsp3) is 0.167. The van der Waals surface area contributed by atoms with E-state index in [0.29, 0.717) is 22.6 Å². The molecule has 94 valence electrons. The number of nitrogens with two attached hydrogens (primary N) is 1. The highest BCUT2D eigenvalue weighted by Crippen LogP contribution is 2.23. The Morgan fingerprint density at radius 1 is 1.33 bits per heavy atom. The van der Waals surface area contributed by atoms with Crippen molar-refractivity contribution < 1.29 is 9.84 Å². The van der Waals surface area contributed by atoms with E-state index < -0.39 is 0 Å². The van der Waals surface area contributed by atoms with Crippen LogP contribution >= 0.6 is 11.8 Å². The van der Waals surface area contributed by atoms with Crippen molar-refractivity contribution in [3.05, 3.63) is 35.9 Å². The molecule has 0 radical (unpaired) electrons. The standard InChI is InChI=1S/C12H13N3O2S/c1-18-12-14-10(13)6-11(15-12)17-9-4-2-3-8(5-9)7-16/h2-6,16H,7H2,1H3,(H2,13,14,15). The summed E-state index contributed by atoms with van der Waals surface area (Å²) in [5, 5.41) is 9.61. The number of benzene rings is 1. The van der Waals surface area contributed by atoms with Gasteiger partial charge in [-0.15, -0.1) is 0 Å². The van der Waals surface area contributed by atoms with Crippen molar-refractivity contribution in [1.29, 1.82) is 0 Å². The van der Waals surface area contributed by atoms with Crippen molar-refractivity contribution in [2.24, 2.45) is 0 Å². The molecule has 0 bridgehead atoms. The number of aliphatic hydroxyl groups excluding tert-OH is 1. The molecule has 0 spiro atoms. The van der Waals surface area contributed by atoms with E-state index in [1.54, 1.807) is 24.3 Å². The van der Waals surface area contributed by atoms with Gasteiger partial charge in [0.05, 0.1) is 6.61 Å². The lowest BCUT2D eigenvalue weighted by Gasteiger charge is -2.07. The first kappa shape index (κ1) is 12.7. The molecule has 1 aromatic carbocycles. The van der Waals surface area contributed by atoms with Gasteiger partial charge in [-0.25, -0.2) is 4.98 Å². The van der Waals surface area contributed by atoms with E-state index >= 15 is 0 Å². The number of thioether (sulfide) groups is 1. The van der Waals surface area contributed by atoms with E-state index in [2.05, 4.69) is 9.97 Å². The number of nitrogens with zero attached hydrogens (tertiary/aromatic N) is 2. The molecule has 2 rings (SSSR count). The molecule has 1 aromatic heterocycles. The SMILES string of the molecule is CSc1nc(N)cc(Oc2cccc(CO)c2)n1. The number of aliphatic hydroxyl groups is 1. The average molecular weight is 263 g/mol. The van der Waals surface area contributed by atoms with Crippen LogP contribution in [0.25, 0.3) is 0 Å². The van der Waals surface area contributed by atoms with E-state index in [0.717, 1.165) is 5.56 Å². The quantitative estimate of drug-likeness (QED) is 0.649. The Hall–Kier alpha value is -1.79. The minimum Gasteiger partial charge on any atom is -0.439 e. The summed E-state index contributed by atoms with van der Waals surface area (Å²) < 4.78 is 5.59. The van der Waals surface area contributed by atoms with Gasteiger partial charge < -0.3 is 15.6 Å². The molecule has 18 heavy (non-hydrogen) atoms. The van der Waals surface area contributed by atoms with Gasteiger partial charge in [0.15, 0.2) is 5.16 Å². The summed E-state index contributed by atoms with van der Waals surface area (Å²) >= 11 is 1.39. The molecule has 3 N–H and O–H groups in total. The molecule has 0 atom stereocenters. The maximum atomic E-state index is 9.05. The monoisotopic (exact) mass is 263 g/mol. The van der Waals surface area contributed by atoms with Crippen molar-refractivity contribution in [3.8, 4) is 11.6 Å². The molecule has 0 unspecified atom stereocenters. The summed E-state index contributed by atoms with van der Waals surface area (Å²) in [7, 11) is 0.